The summed E-state index contributed by atoms with van der Waals surface area (Å²) in [6.07, 6.45) is -0.545. The maximum atomic E-state index is 11.7. The number of benzene rings is 1. The van der Waals surface area contributed by atoms with Gasteiger partial charge in [-0.05, 0) is 45.9 Å². The van der Waals surface area contributed by atoms with E-state index in [2.05, 4.69) is 15.5 Å². The second kappa shape index (κ2) is 5.43. The number of aryl methyl sites for hydroxylation is 1. The molecule has 0 fully saturated rings. The van der Waals surface area contributed by atoms with Gasteiger partial charge in [0.25, 0.3) is 0 Å². The molecule has 0 radical (unpaired) electrons. The quantitative estimate of drug-likeness (QED) is 0.887. The van der Waals surface area contributed by atoms with Crippen molar-refractivity contribution in [3.63, 3.8) is 0 Å². The van der Waals surface area contributed by atoms with E-state index in [0.29, 0.717) is 17.2 Å². The standard InChI is InChI=1S/C14H18N4O3/c1-9-16-17-12(19)18(9)11-7-5-6-10(8-11)15-13(20)21-14(2,3)4/h5-8H,1-4H3,(H,15,20)(H,17,19). The molecule has 2 N–H and O–H groups in total. The van der Waals surface area contributed by atoms with E-state index in [4.69, 9.17) is 4.74 Å². The van der Waals surface area contributed by atoms with Crippen molar-refractivity contribution < 1.29 is 9.53 Å². The number of rotatable bonds is 2. The van der Waals surface area contributed by atoms with Crippen LogP contribution in [0.5, 0.6) is 0 Å². The van der Waals surface area contributed by atoms with Crippen LogP contribution in [-0.4, -0.2) is 26.5 Å². The molecule has 0 aliphatic rings. The molecule has 1 heterocycles. The van der Waals surface area contributed by atoms with Crippen LogP contribution in [0, 0.1) is 6.92 Å². The number of H-pyrrole nitrogens is 1. The van der Waals surface area contributed by atoms with Gasteiger partial charge in [-0.2, -0.15) is 5.10 Å². The van der Waals surface area contributed by atoms with Crippen LogP contribution < -0.4 is 11.0 Å². The predicted molar refractivity (Wildman–Crippen MR) is 78.8 cm³/mol. The third kappa shape index (κ3) is 3.71. The van der Waals surface area contributed by atoms with Crippen molar-refractivity contribution in [1.29, 1.82) is 0 Å². The maximum absolute atomic E-state index is 11.7. The van der Waals surface area contributed by atoms with Gasteiger partial charge in [0.2, 0.25) is 0 Å². The number of amides is 1. The first-order valence-corrected chi connectivity index (χ1v) is 6.51. The molecule has 0 unspecified atom stereocenters. The summed E-state index contributed by atoms with van der Waals surface area (Å²) in [6, 6.07) is 6.88. The van der Waals surface area contributed by atoms with Crippen LogP contribution in [0.25, 0.3) is 5.69 Å². The summed E-state index contributed by atoms with van der Waals surface area (Å²) in [5.74, 6) is 0.536. The second-order valence-electron chi connectivity index (χ2n) is 5.59. The number of carbonyl (C=O) groups is 1. The van der Waals surface area contributed by atoms with Crippen LogP contribution in [0.3, 0.4) is 0 Å². The van der Waals surface area contributed by atoms with E-state index >= 15 is 0 Å². The van der Waals surface area contributed by atoms with Crippen molar-refractivity contribution >= 4 is 11.8 Å². The molecule has 21 heavy (non-hydrogen) atoms. The number of ether oxygens (including phenoxy) is 1. The number of hydrogen-bond donors (Lipinski definition) is 2. The zero-order chi connectivity index (χ0) is 15.6. The number of nitrogens with zero attached hydrogens (tertiary/aromatic N) is 2. The second-order valence-corrected chi connectivity index (χ2v) is 5.59. The van der Waals surface area contributed by atoms with E-state index in [-0.39, 0.29) is 5.69 Å². The van der Waals surface area contributed by atoms with Crippen LogP contribution in [0.4, 0.5) is 10.5 Å². The Bertz CT molecular complexity index is 709. The monoisotopic (exact) mass is 290 g/mol. The van der Waals surface area contributed by atoms with Gasteiger partial charge in [0.15, 0.2) is 0 Å². The summed E-state index contributed by atoms with van der Waals surface area (Å²) >= 11 is 0. The Morgan fingerprint density at radius 3 is 2.67 bits per heavy atom. The van der Waals surface area contributed by atoms with Crippen molar-refractivity contribution in [1.82, 2.24) is 14.8 Å². The van der Waals surface area contributed by atoms with Gasteiger partial charge >= 0.3 is 11.8 Å². The van der Waals surface area contributed by atoms with Gasteiger partial charge in [0.05, 0.1) is 5.69 Å². The van der Waals surface area contributed by atoms with E-state index in [1.807, 2.05) is 0 Å². The molecular formula is C14H18N4O3. The molecule has 7 nitrogen and oxygen atoms in total. The van der Waals surface area contributed by atoms with Gasteiger partial charge in [-0.25, -0.2) is 19.3 Å². The molecular weight excluding hydrogens is 272 g/mol. The Hall–Kier alpha value is -2.57. The highest BCUT2D eigenvalue weighted by molar-refractivity contribution is 5.85. The first-order valence-electron chi connectivity index (χ1n) is 6.51. The van der Waals surface area contributed by atoms with Crippen molar-refractivity contribution in [2.24, 2.45) is 0 Å². The third-order valence-electron chi connectivity index (χ3n) is 2.59. The van der Waals surface area contributed by atoms with Crippen LogP contribution in [0.1, 0.15) is 26.6 Å². The molecule has 2 rings (SSSR count). The number of carbonyl (C=O) groups excluding carboxylic acids is 1. The lowest BCUT2D eigenvalue weighted by atomic mass is 10.2. The topological polar surface area (TPSA) is 89.0 Å². The fraction of sp³-hybridized carbons (Fsp3) is 0.357. The molecule has 7 heteroatoms. The van der Waals surface area contributed by atoms with E-state index < -0.39 is 11.7 Å². The van der Waals surface area contributed by atoms with Gasteiger partial charge < -0.3 is 4.74 Å². The van der Waals surface area contributed by atoms with Gasteiger partial charge in [0.1, 0.15) is 11.4 Å². The van der Waals surface area contributed by atoms with Gasteiger partial charge in [-0.3, -0.25) is 5.32 Å². The molecule has 112 valence electrons. The molecule has 1 amide bonds. The lowest BCUT2D eigenvalue weighted by molar-refractivity contribution is 0.0636. The Labute approximate surface area is 121 Å². The number of anilines is 1. The largest absolute Gasteiger partial charge is 0.444 e. The molecule has 0 spiro atoms. The number of aromatic amines is 1. The molecule has 0 aliphatic heterocycles. The zero-order valence-electron chi connectivity index (χ0n) is 12.4. The fourth-order valence-electron chi connectivity index (χ4n) is 1.82. The molecule has 0 saturated heterocycles. The summed E-state index contributed by atoms with van der Waals surface area (Å²) < 4.78 is 6.60. The number of nitrogens with one attached hydrogen (secondary N) is 2. The highest BCUT2D eigenvalue weighted by Gasteiger charge is 2.16. The smallest absolute Gasteiger partial charge is 0.412 e. The average molecular weight is 290 g/mol. The highest BCUT2D eigenvalue weighted by atomic mass is 16.6. The maximum Gasteiger partial charge on any atom is 0.412 e. The average Bonchev–Trinajstić information content (AvgIpc) is 2.66. The van der Waals surface area contributed by atoms with Gasteiger partial charge in [-0.15, -0.1) is 0 Å². The number of hydrogen-bond acceptors (Lipinski definition) is 4. The van der Waals surface area contributed by atoms with Crippen LogP contribution >= 0.6 is 0 Å². The fourth-order valence-corrected chi connectivity index (χ4v) is 1.82. The highest BCUT2D eigenvalue weighted by Crippen LogP contribution is 2.16. The van der Waals surface area contributed by atoms with E-state index in [1.54, 1.807) is 52.0 Å². The van der Waals surface area contributed by atoms with E-state index in [9.17, 15) is 9.59 Å². The molecule has 2 aromatic rings. The van der Waals surface area contributed by atoms with Gasteiger partial charge in [0, 0.05) is 5.69 Å². The first kappa shape index (κ1) is 14.8. The third-order valence-corrected chi connectivity index (χ3v) is 2.59. The molecule has 0 saturated carbocycles. The van der Waals surface area contributed by atoms with Crippen molar-refractivity contribution in [3.05, 3.63) is 40.6 Å². The van der Waals surface area contributed by atoms with Crippen LogP contribution in [-0.2, 0) is 4.74 Å². The van der Waals surface area contributed by atoms with Crippen LogP contribution in [0.2, 0.25) is 0 Å². The molecule has 0 atom stereocenters. The normalized spacial score (nSPS) is 11.2. The Kier molecular flexibility index (Phi) is 3.84. The minimum atomic E-state index is -0.570. The summed E-state index contributed by atoms with van der Waals surface area (Å²) in [4.78, 5) is 23.4. The minimum absolute atomic E-state index is 0.332. The Morgan fingerprint density at radius 1 is 1.38 bits per heavy atom. The predicted octanol–water partition coefficient (Wildman–Crippen LogP) is 2.22. The summed E-state index contributed by atoms with van der Waals surface area (Å²) in [7, 11) is 0. The minimum Gasteiger partial charge on any atom is -0.444 e. The lowest BCUT2D eigenvalue weighted by Gasteiger charge is -2.19. The Morgan fingerprint density at radius 2 is 2.10 bits per heavy atom. The number of aromatic nitrogens is 3. The molecule has 0 bridgehead atoms. The lowest BCUT2D eigenvalue weighted by Crippen LogP contribution is -2.27. The summed E-state index contributed by atoms with van der Waals surface area (Å²) in [5.41, 5.74) is 0.246. The van der Waals surface area contributed by atoms with Gasteiger partial charge in [-0.1, -0.05) is 6.07 Å². The van der Waals surface area contributed by atoms with Crippen LogP contribution in [0.15, 0.2) is 29.1 Å². The van der Waals surface area contributed by atoms with E-state index in [1.165, 1.54) is 4.57 Å². The van der Waals surface area contributed by atoms with E-state index in [0.717, 1.165) is 0 Å². The summed E-state index contributed by atoms with van der Waals surface area (Å²) in [5, 5.41) is 8.85. The molecule has 1 aromatic carbocycles. The summed E-state index contributed by atoms with van der Waals surface area (Å²) in [6.45, 7) is 7.08. The van der Waals surface area contributed by atoms with Crippen molar-refractivity contribution in [2.75, 3.05) is 5.32 Å². The first-order chi connectivity index (χ1) is 9.76. The SMILES string of the molecule is Cc1n[nH]c(=O)n1-c1cccc(NC(=O)OC(C)(C)C)c1. The molecule has 0 aliphatic carbocycles. The Balaban J connectivity index is 2.23. The zero-order valence-corrected chi connectivity index (χ0v) is 12.4. The van der Waals surface area contributed by atoms with Crippen molar-refractivity contribution in [3.8, 4) is 5.69 Å². The van der Waals surface area contributed by atoms with Crippen molar-refractivity contribution in [2.45, 2.75) is 33.3 Å². The molecule has 1 aromatic heterocycles.